The Morgan fingerprint density at radius 1 is 0.950 bits per heavy atom. The van der Waals surface area contributed by atoms with Crippen LogP contribution in [-0.4, -0.2) is 14.2 Å². The fraction of sp³-hybridized carbons (Fsp3) is 0.294. The predicted octanol–water partition coefficient (Wildman–Crippen LogP) is 4.95. The Kier molecular flexibility index (Phi) is 5.36. The maximum atomic E-state index is 5.39. The molecule has 1 unspecified atom stereocenters. The number of benzene rings is 2. The van der Waals surface area contributed by atoms with Gasteiger partial charge in [-0.25, -0.2) is 0 Å². The normalized spacial score (nSPS) is 11.9. The zero-order valence-electron chi connectivity index (χ0n) is 12.1. The second kappa shape index (κ2) is 7.25. The summed E-state index contributed by atoms with van der Waals surface area (Å²) in [5.41, 5.74) is 1.26. The smallest absolute Gasteiger partial charge is 0.161 e. The largest absolute Gasteiger partial charge is 0.493 e. The van der Waals surface area contributed by atoms with Gasteiger partial charge in [-0.1, -0.05) is 31.2 Å². The highest BCUT2D eigenvalue weighted by molar-refractivity contribution is 7.99. The molecule has 0 heterocycles. The van der Waals surface area contributed by atoms with Gasteiger partial charge in [0, 0.05) is 10.1 Å². The Balaban J connectivity index is 2.23. The van der Waals surface area contributed by atoms with Gasteiger partial charge in [-0.05, 0) is 36.2 Å². The Bertz CT molecular complexity index is 540. The van der Waals surface area contributed by atoms with Crippen LogP contribution in [0.25, 0.3) is 0 Å². The van der Waals surface area contributed by atoms with Crippen LogP contribution in [0.15, 0.2) is 53.4 Å². The van der Waals surface area contributed by atoms with Crippen LogP contribution >= 0.6 is 11.8 Å². The van der Waals surface area contributed by atoms with Crippen LogP contribution in [0.5, 0.6) is 11.5 Å². The Morgan fingerprint density at radius 3 is 2.25 bits per heavy atom. The molecular weight excluding hydrogens is 268 g/mol. The molecule has 106 valence electrons. The summed E-state index contributed by atoms with van der Waals surface area (Å²) in [7, 11) is 3.33. The highest BCUT2D eigenvalue weighted by Crippen LogP contribution is 2.40. The minimum absolute atomic E-state index is 0.414. The molecule has 0 saturated heterocycles. The summed E-state index contributed by atoms with van der Waals surface area (Å²) >= 11 is 1.88. The fourth-order valence-corrected chi connectivity index (χ4v) is 3.20. The average molecular weight is 288 g/mol. The molecule has 0 N–H and O–H groups in total. The molecule has 2 nitrogen and oxygen atoms in total. The standard InChI is InChI=1S/C17H20O2S/c1-4-17(20-14-8-6-5-7-9-14)13-10-11-15(18-2)16(12-13)19-3/h5-12,17H,4H2,1-3H3. The highest BCUT2D eigenvalue weighted by Gasteiger charge is 2.14. The molecule has 0 fully saturated rings. The van der Waals surface area contributed by atoms with Crippen LogP contribution < -0.4 is 9.47 Å². The number of hydrogen-bond acceptors (Lipinski definition) is 3. The van der Waals surface area contributed by atoms with Crippen LogP contribution in [0.3, 0.4) is 0 Å². The second-order valence-electron chi connectivity index (χ2n) is 4.44. The van der Waals surface area contributed by atoms with Crippen molar-refractivity contribution in [1.82, 2.24) is 0 Å². The predicted molar refractivity (Wildman–Crippen MR) is 84.9 cm³/mol. The van der Waals surface area contributed by atoms with E-state index in [2.05, 4.69) is 43.3 Å². The van der Waals surface area contributed by atoms with Crippen molar-refractivity contribution in [3.8, 4) is 11.5 Å². The van der Waals surface area contributed by atoms with E-state index < -0.39 is 0 Å². The lowest BCUT2D eigenvalue weighted by Gasteiger charge is -2.17. The van der Waals surface area contributed by atoms with E-state index in [1.54, 1.807) is 14.2 Å². The van der Waals surface area contributed by atoms with Crippen molar-refractivity contribution in [3.05, 3.63) is 54.1 Å². The number of methoxy groups -OCH3 is 2. The number of rotatable bonds is 6. The zero-order chi connectivity index (χ0) is 14.4. The molecule has 0 aliphatic carbocycles. The molecule has 0 amide bonds. The molecule has 2 rings (SSSR count). The summed E-state index contributed by atoms with van der Waals surface area (Å²) in [4.78, 5) is 1.29. The van der Waals surface area contributed by atoms with E-state index in [4.69, 9.17) is 9.47 Å². The number of ether oxygens (including phenoxy) is 2. The average Bonchev–Trinajstić information content (AvgIpc) is 2.53. The number of thioether (sulfide) groups is 1. The van der Waals surface area contributed by atoms with Gasteiger partial charge in [-0.2, -0.15) is 0 Å². The summed E-state index contributed by atoms with van der Waals surface area (Å²) in [6, 6.07) is 16.6. The van der Waals surface area contributed by atoms with E-state index in [9.17, 15) is 0 Å². The quantitative estimate of drug-likeness (QED) is 0.701. The van der Waals surface area contributed by atoms with Crippen molar-refractivity contribution in [3.63, 3.8) is 0 Å². The maximum absolute atomic E-state index is 5.39. The van der Waals surface area contributed by atoms with Crippen LogP contribution in [0.1, 0.15) is 24.2 Å². The molecule has 0 spiro atoms. The van der Waals surface area contributed by atoms with Crippen LogP contribution in [0.4, 0.5) is 0 Å². The van der Waals surface area contributed by atoms with E-state index in [0.29, 0.717) is 5.25 Å². The van der Waals surface area contributed by atoms with Gasteiger partial charge in [-0.15, -0.1) is 11.8 Å². The van der Waals surface area contributed by atoms with E-state index in [-0.39, 0.29) is 0 Å². The van der Waals surface area contributed by atoms with Crippen LogP contribution in [-0.2, 0) is 0 Å². The molecule has 0 bridgehead atoms. The Hall–Kier alpha value is -1.61. The number of hydrogen-bond donors (Lipinski definition) is 0. The topological polar surface area (TPSA) is 18.5 Å². The van der Waals surface area contributed by atoms with Crippen molar-refractivity contribution >= 4 is 11.8 Å². The van der Waals surface area contributed by atoms with Crippen molar-refractivity contribution in [2.24, 2.45) is 0 Å². The lowest BCUT2D eigenvalue weighted by molar-refractivity contribution is 0.354. The highest BCUT2D eigenvalue weighted by atomic mass is 32.2. The molecule has 2 aromatic rings. The monoisotopic (exact) mass is 288 g/mol. The molecule has 0 radical (unpaired) electrons. The molecule has 0 aliphatic heterocycles. The first kappa shape index (κ1) is 14.8. The van der Waals surface area contributed by atoms with Crippen molar-refractivity contribution < 1.29 is 9.47 Å². The SMILES string of the molecule is CCC(Sc1ccccc1)c1ccc(OC)c(OC)c1. The Labute approximate surface area is 125 Å². The first-order chi connectivity index (χ1) is 9.78. The molecule has 0 aliphatic rings. The maximum Gasteiger partial charge on any atom is 0.161 e. The molecule has 1 atom stereocenters. The van der Waals surface area contributed by atoms with Crippen molar-refractivity contribution in [1.29, 1.82) is 0 Å². The van der Waals surface area contributed by atoms with E-state index in [0.717, 1.165) is 17.9 Å². The third-order valence-electron chi connectivity index (χ3n) is 3.17. The van der Waals surface area contributed by atoms with Gasteiger partial charge in [-0.3, -0.25) is 0 Å². The molecule has 3 heteroatoms. The first-order valence-corrected chi connectivity index (χ1v) is 7.60. The van der Waals surface area contributed by atoms with Crippen LogP contribution in [0, 0.1) is 0 Å². The van der Waals surface area contributed by atoms with Gasteiger partial charge in [0.05, 0.1) is 14.2 Å². The Morgan fingerprint density at radius 2 is 1.65 bits per heavy atom. The fourth-order valence-electron chi connectivity index (χ4n) is 2.10. The summed E-state index contributed by atoms with van der Waals surface area (Å²) in [5, 5.41) is 0.414. The summed E-state index contributed by atoms with van der Waals surface area (Å²) in [6.07, 6.45) is 1.06. The van der Waals surface area contributed by atoms with Crippen molar-refractivity contribution in [2.75, 3.05) is 14.2 Å². The van der Waals surface area contributed by atoms with Gasteiger partial charge >= 0.3 is 0 Å². The third-order valence-corrected chi connectivity index (χ3v) is 4.61. The summed E-state index contributed by atoms with van der Waals surface area (Å²) in [6.45, 7) is 2.21. The summed E-state index contributed by atoms with van der Waals surface area (Å²) in [5.74, 6) is 1.56. The second-order valence-corrected chi connectivity index (χ2v) is 5.72. The molecule has 0 saturated carbocycles. The van der Waals surface area contributed by atoms with Gasteiger partial charge in [0.25, 0.3) is 0 Å². The van der Waals surface area contributed by atoms with E-state index >= 15 is 0 Å². The van der Waals surface area contributed by atoms with Gasteiger partial charge in [0.1, 0.15) is 0 Å². The van der Waals surface area contributed by atoms with Crippen molar-refractivity contribution in [2.45, 2.75) is 23.5 Å². The van der Waals surface area contributed by atoms with Crippen LogP contribution in [0.2, 0.25) is 0 Å². The molecule has 20 heavy (non-hydrogen) atoms. The summed E-state index contributed by atoms with van der Waals surface area (Å²) < 4.78 is 10.7. The minimum atomic E-state index is 0.414. The molecule has 0 aromatic heterocycles. The molecule has 2 aromatic carbocycles. The molecular formula is C17H20O2S. The lowest BCUT2D eigenvalue weighted by Crippen LogP contribution is -1.96. The van der Waals surface area contributed by atoms with E-state index in [1.165, 1.54) is 10.5 Å². The van der Waals surface area contributed by atoms with Gasteiger partial charge in [0.2, 0.25) is 0 Å². The van der Waals surface area contributed by atoms with Gasteiger partial charge < -0.3 is 9.47 Å². The first-order valence-electron chi connectivity index (χ1n) is 6.72. The zero-order valence-corrected chi connectivity index (χ0v) is 12.9. The lowest BCUT2D eigenvalue weighted by atomic mass is 10.1. The third kappa shape index (κ3) is 3.48. The minimum Gasteiger partial charge on any atom is -0.493 e. The van der Waals surface area contributed by atoms with E-state index in [1.807, 2.05) is 23.9 Å². The van der Waals surface area contributed by atoms with Gasteiger partial charge in [0.15, 0.2) is 11.5 Å².